The van der Waals surface area contributed by atoms with Gasteiger partial charge in [-0.2, -0.15) is 11.8 Å². The molecular weight excluding hydrogens is 353 g/mol. The number of methoxy groups -OCH3 is 1. The van der Waals surface area contributed by atoms with Gasteiger partial charge in [0.25, 0.3) is 15.9 Å². The number of hydrogen-bond donors (Lipinski definition) is 1. The van der Waals surface area contributed by atoms with Gasteiger partial charge in [-0.3, -0.25) is 4.79 Å². The lowest BCUT2D eigenvalue weighted by molar-refractivity contribution is 0.0981. The van der Waals surface area contributed by atoms with Gasteiger partial charge < -0.3 is 4.74 Å². The van der Waals surface area contributed by atoms with Gasteiger partial charge in [0, 0.05) is 17.4 Å². The normalized spacial score (nSPS) is 11.1. The number of halogens is 1. The minimum Gasteiger partial charge on any atom is -0.497 e. The molecule has 0 spiro atoms. The standard InChI is InChI=1S/C16H16FNO4S2/c1-22-13-4-3-5-14(9-13)24(20,21)18-16(19)11-6-7-15(17)12(8-11)10-23-2/h3-9H,10H2,1-2H3,(H,18,19). The van der Waals surface area contributed by atoms with Crippen molar-refractivity contribution < 1.29 is 22.3 Å². The first-order valence-corrected chi connectivity index (χ1v) is 9.73. The Morgan fingerprint density at radius 3 is 2.67 bits per heavy atom. The van der Waals surface area contributed by atoms with Crippen LogP contribution in [0.1, 0.15) is 15.9 Å². The molecule has 2 rings (SSSR count). The van der Waals surface area contributed by atoms with E-state index in [4.69, 9.17) is 4.74 Å². The number of thioether (sulfide) groups is 1. The highest BCUT2D eigenvalue weighted by molar-refractivity contribution is 7.97. The average Bonchev–Trinajstić information content (AvgIpc) is 2.56. The molecule has 24 heavy (non-hydrogen) atoms. The van der Waals surface area contributed by atoms with Gasteiger partial charge in [-0.1, -0.05) is 6.07 Å². The SMILES string of the molecule is COc1cccc(S(=O)(=O)NC(=O)c2ccc(F)c(CSC)c2)c1. The molecule has 0 unspecified atom stereocenters. The van der Waals surface area contributed by atoms with Crippen LogP contribution in [0.2, 0.25) is 0 Å². The minimum atomic E-state index is -4.05. The Morgan fingerprint density at radius 1 is 1.25 bits per heavy atom. The van der Waals surface area contributed by atoms with Crippen LogP contribution < -0.4 is 9.46 Å². The van der Waals surface area contributed by atoms with Gasteiger partial charge >= 0.3 is 0 Å². The molecule has 0 radical (unpaired) electrons. The van der Waals surface area contributed by atoms with Gasteiger partial charge in [-0.15, -0.1) is 0 Å². The fraction of sp³-hybridized carbons (Fsp3) is 0.188. The summed E-state index contributed by atoms with van der Waals surface area (Å²) in [6, 6.07) is 9.50. The third-order valence-electron chi connectivity index (χ3n) is 3.19. The minimum absolute atomic E-state index is 0.0759. The molecule has 0 heterocycles. The van der Waals surface area contributed by atoms with Gasteiger partial charge in [0.15, 0.2) is 0 Å². The molecule has 128 valence electrons. The highest BCUT2D eigenvalue weighted by atomic mass is 32.2. The molecule has 0 fully saturated rings. The van der Waals surface area contributed by atoms with Crippen LogP contribution in [0, 0.1) is 5.82 Å². The zero-order chi connectivity index (χ0) is 17.7. The van der Waals surface area contributed by atoms with Crippen LogP contribution >= 0.6 is 11.8 Å². The Morgan fingerprint density at radius 2 is 2.00 bits per heavy atom. The highest BCUT2D eigenvalue weighted by Crippen LogP contribution is 2.19. The molecule has 0 saturated carbocycles. The van der Waals surface area contributed by atoms with Crippen LogP contribution in [0.5, 0.6) is 5.75 Å². The molecular formula is C16H16FNO4S2. The fourth-order valence-electron chi connectivity index (χ4n) is 1.99. The fourth-order valence-corrected chi connectivity index (χ4v) is 3.53. The summed E-state index contributed by atoms with van der Waals surface area (Å²) in [4.78, 5) is 12.1. The quantitative estimate of drug-likeness (QED) is 0.848. The van der Waals surface area contributed by atoms with Crippen LogP contribution in [0.15, 0.2) is 47.4 Å². The monoisotopic (exact) mass is 369 g/mol. The van der Waals surface area contributed by atoms with Crippen LogP contribution in [0.4, 0.5) is 4.39 Å². The van der Waals surface area contributed by atoms with Gasteiger partial charge in [-0.25, -0.2) is 17.5 Å². The second kappa shape index (κ2) is 7.67. The Kier molecular flexibility index (Phi) is 5.84. The van der Waals surface area contributed by atoms with E-state index >= 15 is 0 Å². The van der Waals surface area contributed by atoms with E-state index in [1.54, 1.807) is 12.3 Å². The summed E-state index contributed by atoms with van der Waals surface area (Å²) in [6.07, 6.45) is 1.80. The second-order valence-corrected chi connectivity index (χ2v) is 7.40. The Bertz CT molecular complexity index is 853. The number of benzene rings is 2. The van der Waals surface area contributed by atoms with Crippen molar-refractivity contribution >= 4 is 27.7 Å². The van der Waals surface area contributed by atoms with E-state index in [1.165, 1.54) is 49.2 Å². The van der Waals surface area contributed by atoms with Crippen LogP contribution in [-0.2, 0) is 15.8 Å². The van der Waals surface area contributed by atoms with Crippen molar-refractivity contribution in [2.24, 2.45) is 0 Å². The summed E-state index contributed by atoms with van der Waals surface area (Å²) in [7, 11) is -2.64. The van der Waals surface area contributed by atoms with E-state index in [9.17, 15) is 17.6 Å². The van der Waals surface area contributed by atoms with E-state index in [0.29, 0.717) is 17.1 Å². The highest BCUT2D eigenvalue weighted by Gasteiger charge is 2.20. The first-order chi connectivity index (χ1) is 11.4. The van der Waals surface area contributed by atoms with E-state index in [0.717, 1.165) is 6.07 Å². The first kappa shape index (κ1) is 18.3. The Hall–Kier alpha value is -2.06. The molecule has 1 N–H and O–H groups in total. The molecule has 5 nitrogen and oxygen atoms in total. The van der Waals surface area contributed by atoms with Crippen molar-refractivity contribution in [1.82, 2.24) is 4.72 Å². The van der Waals surface area contributed by atoms with Crippen molar-refractivity contribution in [1.29, 1.82) is 0 Å². The third kappa shape index (κ3) is 4.27. The number of carbonyl (C=O) groups excluding carboxylic acids is 1. The van der Waals surface area contributed by atoms with Crippen LogP contribution in [-0.4, -0.2) is 27.7 Å². The first-order valence-electron chi connectivity index (χ1n) is 6.86. The summed E-state index contributed by atoms with van der Waals surface area (Å²) >= 11 is 1.40. The molecule has 0 aliphatic carbocycles. The summed E-state index contributed by atoms with van der Waals surface area (Å²) < 4.78 is 45.2. The molecule has 0 aliphatic heterocycles. The predicted octanol–water partition coefficient (Wildman–Crippen LogP) is 2.82. The maximum Gasteiger partial charge on any atom is 0.265 e. The number of amides is 1. The van der Waals surface area contributed by atoms with Gasteiger partial charge in [-0.05, 0) is 42.2 Å². The van der Waals surface area contributed by atoms with Crippen LogP contribution in [0.3, 0.4) is 0 Å². The maximum absolute atomic E-state index is 13.6. The van der Waals surface area contributed by atoms with E-state index in [-0.39, 0.29) is 10.5 Å². The second-order valence-electron chi connectivity index (χ2n) is 4.85. The van der Waals surface area contributed by atoms with Gasteiger partial charge in [0.2, 0.25) is 0 Å². The number of hydrogen-bond acceptors (Lipinski definition) is 5. The smallest absolute Gasteiger partial charge is 0.265 e. The number of rotatable bonds is 6. The lowest BCUT2D eigenvalue weighted by atomic mass is 10.1. The van der Waals surface area contributed by atoms with Gasteiger partial charge in [0.05, 0.1) is 12.0 Å². The summed E-state index contributed by atoms with van der Waals surface area (Å²) in [5.74, 6) is -0.513. The van der Waals surface area contributed by atoms with Gasteiger partial charge in [0.1, 0.15) is 11.6 Å². The molecule has 8 heteroatoms. The van der Waals surface area contributed by atoms with E-state index in [2.05, 4.69) is 0 Å². The average molecular weight is 369 g/mol. The summed E-state index contributed by atoms with van der Waals surface area (Å²) in [5.41, 5.74) is 0.417. The molecule has 0 bridgehead atoms. The van der Waals surface area contributed by atoms with E-state index < -0.39 is 21.7 Å². The Labute approximate surface area is 144 Å². The van der Waals surface area contributed by atoms with Crippen molar-refractivity contribution in [3.63, 3.8) is 0 Å². The number of sulfonamides is 1. The zero-order valence-electron chi connectivity index (χ0n) is 13.1. The maximum atomic E-state index is 13.6. The number of nitrogens with one attached hydrogen (secondary N) is 1. The largest absolute Gasteiger partial charge is 0.497 e. The van der Waals surface area contributed by atoms with E-state index in [1.807, 2.05) is 4.72 Å². The lowest BCUT2D eigenvalue weighted by Gasteiger charge is -2.09. The molecule has 0 atom stereocenters. The topological polar surface area (TPSA) is 72.5 Å². The summed E-state index contributed by atoms with van der Waals surface area (Å²) in [6.45, 7) is 0. The zero-order valence-corrected chi connectivity index (χ0v) is 14.7. The summed E-state index contributed by atoms with van der Waals surface area (Å²) in [5, 5.41) is 0. The predicted molar refractivity (Wildman–Crippen MR) is 91.3 cm³/mol. The molecule has 0 aliphatic rings. The van der Waals surface area contributed by atoms with Crippen molar-refractivity contribution in [3.05, 3.63) is 59.4 Å². The molecule has 2 aromatic rings. The van der Waals surface area contributed by atoms with Crippen molar-refractivity contribution in [3.8, 4) is 5.75 Å². The molecule has 1 amide bonds. The lowest BCUT2D eigenvalue weighted by Crippen LogP contribution is -2.30. The molecule has 0 saturated heterocycles. The Balaban J connectivity index is 2.26. The molecule has 0 aromatic heterocycles. The van der Waals surface area contributed by atoms with Crippen molar-refractivity contribution in [2.75, 3.05) is 13.4 Å². The number of ether oxygens (including phenoxy) is 1. The number of carbonyl (C=O) groups is 1. The van der Waals surface area contributed by atoms with Crippen LogP contribution in [0.25, 0.3) is 0 Å². The third-order valence-corrected chi connectivity index (χ3v) is 5.11. The van der Waals surface area contributed by atoms with Crippen molar-refractivity contribution in [2.45, 2.75) is 10.6 Å². The molecule has 2 aromatic carbocycles.